The molecule has 0 atom stereocenters. The topological polar surface area (TPSA) is 45.2 Å². The number of hydrogen-bond donors (Lipinski definition) is 1. The molecule has 4 rings (SSSR count). The van der Waals surface area contributed by atoms with Crippen LogP contribution in [0.2, 0.25) is 0 Å². The Hall–Kier alpha value is -2.12. The summed E-state index contributed by atoms with van der Waals surface area (Å²) in [6, 6.07) is 12.7. The number of benzene rings is 2. The SMILES string of the molecule is O=C(CSCc1nc2ccccc2s1)Nc1cc(F)ccc1N1CCCCC1. The first-order valence-corrected chi connectivity index (χ1v) is 11.4. The lowest BCUT2D eigenvalue weighted by atomic mass is 10.1. The van der Waals surface area contributed by atoms with Crippen molar-refractivity contribution in [2.75, 3.05) is 29.1 Å². The molecule has 0 aliphatic carbocycles. The van der Waals surface area contributed by atoms with Gasteiger partial charge in [-0.25, -0.2) is 9.37 Å². The number of aromatic nitrogens is 1. The first-order chi connectivity index (χ1) is 13.7. The average Bonchev–Trinajstić information content (AvgIpc) is 3.11. The highest BCUT2D eigenvalue weighted by Gasteiger charge is 2.16. The van der Waals surface area contributed by atoms with Gasteiger partial charge in [-0.3, -0.25) is 4.79 Å². The fraction of sp³-hybridized carbons (Fsp3) is 0.333. The van der Waals surface area contributed by atoms with E-state index in [0.717, 1.165) is 46.8 Å². The summed E-state index contributed by atoms with van der Waals surface area (Å²) in [5.74, 6) is 0.550. The minimum absolute atomic E-state index is 0.116. The molecule has 0 saturated carbocycles. The Morgan fingerprint density at radius 2 is 2.00 bits per heavy atom. The minimum Gasteiger partial charge on any atom is -0.370 e. The van der Waals surface area contributed by atoms with Crippen molar-refractivity contribution in [3.63, 3.8) is 0 Å². The van der Waals surface area contributed by atoms with Crippen LogP contribution in [0.1, 0.15) is 24.3 Å². The van der Waals surface area contributed by atoms with Crippen LogP contribution in [-0.4, -0.2) is 29.7 Å². The highest BCUT2D eigenvalue weighted by Crippen LogP contribution is 2.30. The van der Waals surface area contributed by atoms with E-state index in [9.17, 15) is 9.18 Å². The van der Waals surface area contributed by atoms with Crippen molar-refractivity contribution >= 4 is 50.6 Å². The molecule has 1 N–H and O–H groups in total. The summed E-state index contributed by atoms with van der Waals surface area (Å²) >= 11 is 3.18. The molecule has 4 nitrogen and oxygen atoms in total. The van der Waals surface area contributed by atoms with Crippen LogP contribution in [0.25, 0.3) is 10.2 Å². The molecule has 3 aromatic rings. The van der Waals surface area contributed by atoms with E-state index in [0.29, 0.717) is 17.2 Å². The van der Waals surface area contributed by atoms with Crippen molar-refractivity contribution in [2.24, 2.45) is 0 Å². The van der Waals surface area contributed by atoms with E-state index < -0.39 is 0 Å². The first-order valence-electron chi connectivity index (χ1n) is 9.45. The van der Waals surface area contributed by atoms with Crippen LogP contribution in [0.15, 0.2) is 42.5 Å². The Morgan fingerprint density at radius 1 is 1.18 bits per heavy atom. The van der Waals surface area contributed by atoms with Gasteiger partial charge in [-0.2, -0.15) is 0 Å². The number of para-hydroxylation sites is 1. The molecule has 7 heteroatoms. The average molecular weight is 416 g/mol. The summed E-state index contributed by atoms with van der Waals surface area (Å²) in [5.41, 5.74) is 2.47. The van der Waals surface area contributed by atoms with Crippen molar-refractivity contribution in [3.05, 3.63) is 53.3 Å². The van der Waals surface area contributed by atoms with Crippen LogP contribution < -0.4 is 10.2 Å². The number of thiazole rings is 1. The van der Waals surface area contributed by atoms with Crippen molar-refractivity contribution < 1.29 is 9.18 Å². The second kappa shape index (κ2) is 8.92. The van der Waals surface area contributed by atoms with E-state index >= 15 is 0 Å². The molecule has 2 aromatic carbocycles. The van der Waals surface area contributed by atoms with E-state index in [4.69, 9.17) is 0 Å². The fourth-order valence-corrected chi connectivity index (χ4v) is 5.27. The minimum atomic E-state index is -0.335. The number of amides is 1. The van der Waals surface area contributed by atoms with Gasteiger partial charge in [0, 0.05) is 18.8 Å². The highest BCUT2D eigenvalue weighted by atomic mass is 32.2. The second-order valence-electron chi connectivity index (χ2n) is 6.83. The molecule has 1 fully saturated rings. The molecular formula is C21H22FN3OS2. The zero-order chi connectivity index (χ0) is 19.3. The van der Waals surface area contributed by atoms with E-state index in [1.54, 1.807) is 17.4 Å². The predicted octanol–water partition coefficient (Wildman–Crippen LogP) is 5.30. The lowest BCUT2D eigenvalue weighted by molar-refractivity contribution is -0.113. The largest absolute Gasteiger partial charge is 0.370 e. The van der Waals surface area contributed by atoms with Crippen LogP contribution >= 0.6 is 23.1 Å². The summed E-state index contributed by atoms with van der Waals surface area (Å²) in [7, 11) is 0. The van der Waals surface area contributed by atoms with Gasteiger partial charge in [-0.05, 0) is 49.6 Å². The van der Waals surface area contributed by atoms with Gasteiger partial charge in [0.2, 0.25) is 5.91 Å². The van der Waals surface area contributed by atoms with Gasteiger partial charge in [-0.15, -0.1) is 23.1 Å². The number of carbonyl (C=O) groups excluding carboxylic acids is 1. The maximum absolute atomic E-state index is 13.8. The standard InChI is InChI=1S/C21H22FN3OS2/c22-15-8-9-18(25-10-4-1-5-11-25)17(12-15)23-20(26)13-27-14-21-24-16-6-2-3-7-19(16)28-21/h2-3,6-9,12H,1,4-5,10-11,13-14H2,(H,23,26). The molecule has 0 radical (unpaired) electrons. The number of halogens is 1. The number of piperidine rings is 1. The molecule has 1 aliphatic heterocycles. The van der Waals surface area contributed by atoms with Crippen LogP contribution in [0.4, 0.5) is 15.8 Å². The number of carbonyl (C=O) groups is 1. The molecular weight excluding hydrogens is 393 g/mol. The molecule has 1 aromatic heterocycles. The van der Waals surface area contributed by atoms with Gasteiger partial charge >= 0.3 is 0 Å². The van der Waals surface area contributed by atoms with E-state index in [1.165, 1.54) is 30.3 Å². The van der Waals surface area contributed by atoms with Crippen LogP contribution in [0, 0.1) is 5.82 Å². The second-order valence-corrected chi connectivity index (χ2v) is 8.93. The molecule has 0 bridgehead atoms. The molecule has 1 amide bonds. The number of fused-ring (bicyclic) bond motifs is 1. The number of anilines is 2. The van der Waals surface area contributed by atoms with Crippen LogP contribution in [0.5, 0.6) is 0 Å². The molecule has 1 aliphatic rings. The van der Waals surface area contributed by atoms with Crippen molar-refractivity contribution in [3.8, 4) is 0 Å². The Balaban J connectivity index is 1.36. The third-order valence-corrected chi connectivity index (χ3v) is 6.89. The Bertz CT molecular complexity index is 936. The maximum atomic E-state index is 13.8. The van der Waals surface area contributed by atoms with Gasteiger partial charge in [0.05, 0.1) is 27.3 Å². The highest BCUT2D eigenvalue weighted by molar-refractivity contribution is 7.99. The number of rotatable bonds is 6. The lowest BCUT2D eigenvalue weighted by Crippen LogP contribution is -2.30. The smallest absolute Gasteiger partial charge is 0.234 e. The number of nitrogens with one attached hydrogen (secondary N) is 1. The molecule has 28 heavy (non-hydrogen) atoms. The normalized spacial score (nSPS) is 14.4. The first kappa shape index (κ1) is 19.2. The third-order valence-electron chi connectivity index (χ3n) is 4.73. The summed E-state index contributed by atoms with van der Waals surface area (Å²) in [6.07, 6.45) is 3.48. The molecule has 1 saturated heterocycles. The molecule has 0 spiro atoms. The van der Waals surface area contributed by atoms with Gasteiger partial charge < -0.3 is 10.2 Å². The van der Waals surface area contributed by atoms with Gasteiger partial charge in [-0.1, -0.05) is 12.1 Å². The Morgan fingerprint density at radius 3 is 2.82 bits per heavy atom. The van der Waals surface area contributed by atoms with Crippen molar-refractivity contribution in [2.45, 2.75) is 25.0 Å². The van der Waals surface area contributed by atoms with Gasteiger partial charge in [0.1, 0.15) is 10.8 Å². The molecule has 0 unspecified atom stereocenters. The monoisotopic (exact) mass is 415 g/mol. The number of thioether (sulfide) groups is 1. The lowest BCUT2D eigenvalue weighted by Gasteiger charge is -2.30. The number of hydrogen-bond acceptors (Lipinski definition) is 5. The fourth-order valence-electron chi connectivity index (χ4n) is 3.42. The van der Waals surface area contributed by atoms with E-state index in [1.807, 2.05) is 18.2 Å². The van der Waals surface area contributed by atoms with Gasteiger partial charge in [0.25, 0.3) is 0 Å². The van der Waals surface area contributed by atoms with E-state index in [-0.39, 0.29) is 11.7 Å². The number of nitrogens with zero attached hydrogens (tertiary/aromatic N) is 2. The summed E-state index contributed by atoms with van der Waals surface area (Å²) in [5, 5.41) is 3.92. The van der Waals surface area contributed by atoms with Crippen LogP contribution in [0.3, 0.4) is 0 Å². The molecule has 146 valence electrons. The maximum Gasteiger partial charge on any atom is 0.234 e. The third kappa shape index (κ3) is 4.64. The van der Waals surface area contributed by atoms with Crippen molar-refractivity contribution in [1.29, 1.82) is 0 Å². The predicted molar refractivity (Wildman–Crippen MR) is 117 cm³/mol. The zero-order valence-corrected chi connectivity index (χ0v) is 17.1. The Labute approximate surface area is 172 Å². The molecule has 2 heterocycles. The Kier molecular flexibility index (Phi) is 6.12. The summed E-state index contributed by atoms with van der Waals surface area (Å²) in [4.78, 5) is 19.3. The zero-order valence-electron chi connectivity index (χ0n) is 15.5. The quantitative estimate of drug-likeness (QED) is 0.594. The summed E-state index contributed by atoms with van der Waals surface area (Å²) < 4.78 is 14.9. The van der Waals surface area contributed by atoms with Crippen LogP contribution in [-0.2, 0) is 10.5 Å². The summed E-state index contributed by atoms with van der Waals surface area (Å²) in [6.45, 7) is 1.89. The van der Waals surface area contributed by atoms with Crippen molar-refractivity contribution in [1.82, 2.24) is 4.98 Å². The van der Waals surface area contributed by atoms with Gasteiger partial charge in [0.15, 0.2) is 0 Å². The van der Waals surface area contributed by atoms with E-state index in [2.05, 4.69) is 21.3 Å².